The zero-order chi connectivity index (χ0) is 21.9. The van der Waals surface area contributed by atoms with Crippen molar-refractivity contribution in [1.82, 2.24) is 19.3 Å². The first-order valence-electron chi connectivity index (χ1n) is 11.1. The molecule has 0 saturated heterocycles. The van der Waals surface area contributed by atoms with E-state index in [0.717, 1.165) is 24.2 Å². The van der Waals surface area contributed by atoms with E-state index in [1.54, 1.807) is 16.8 Å². The van der Waals surface area contributed by atoms with Crippen LogP contribution >= 0.6 is 0 Å². The molecule has 4 aromatic rings. The Kier molecular flexibility index (Phi) is 5.54. The number of hydrogen-bond donors (Lipinski definition) is 1. The highest BCUT2D eigenvalue weighted by Crippen LogP contribution is 2.35. The predicted octanol–water partition coefficient (Wildman–Crippen LogP) is 4.27. The third-order valence-electron chi connectivity index (χ3n) is 6.08. The first-order chi connectivity index (χ1) is 15.7. The van der Waals surface area contributed by atoms with Gasteiger partial charge in [0.2, 0.25) is 5.91 Å². The van der Waals surface area contributed by atoms with Gasteiger partial charge in [0.05, 0.1) is 28.6 Å². The number of nitrogens with one attached hydrogen (secondary N) is 1. The van der Waals surface area contributed by atoms with E-state index in [0.29, 0.717) is 22.6 Å². The van der Waals surface area contributed by atoms with Gasteiger partial charge in [0, 0.05) is 24.9 Å². The summed E-state index contributed by atoms with van der Waals surface area (Å²) in [4.78, 5) is 29.8. The summed E-state index contributed by atoms with van der Waals surface area (Å²) in [7, 11) is 0. The van der Waals surface area contributed by atoms with Gasteiger partial charge in [-0.15, -0.1) is 0 Å². The van der Waals surface area contributed by atoms with Crippen molar-refractivity contribution in [2.45, 2.75) is 44.6 Å². The van der Waals surface area contributed by atoms with Gasteiger partial charge in [-0.05, 0) is 37.1 Å². The van der Waals surface area contributed by atoms with Crippen LogP contribution in [0.25, 0.3) is 16.6 Å². The number of carbonyl (C=O) groups is 1. The molecule has 162 valence electrons. The van der Waals surface area contributed by atoms with Crippen LogP contribution in [0.2, 0.25) is 0 Å². The number of aromatic nitrogens is 4. The summed E-state index contributed by atoms with van der Waals surface area (Å²) in [5, 5.41) is 8.38. The molecule has 0 atom stereocenters. The van der Waals surface area contributed by atoms with E-state index in [2.05, 4.69) is 10.3 Å². The molecule has 7 nitrogen and oxygen atoms in total. The number of para-hydroxylation sites is 2. The molecule has 2 aromatic carbocycles. The highest BCUT2D eigenvalue weighted by Gasteiger charge is 2.22. The van der Waals surface area contributed by atoms with Gasteiger partial charge in [-0.3, -0.25) is 14.2 Å². The standard InChI is InChI=1S/C25H25N5O2/c31-24(14-15-29-17-26-21-13-7-6-12-20(21)25(29)32)27-23-16-22(18-8-4-5-9-18)28-30(23)19-10-2-1-3-11-19/h1-3,6-7,10-13,16-18H,4-5,8-9,14-15H2,(H,27,31). The molecular weight excluding hydrogens is 402 g/mol. The average molecular weight is 428 g/mol. The zero-order valence-corrected chi connectivity index (χ0v) is 17.8. The number of fused-ring (bicyclic) bond motifs is 1. The smallest absolute Gasteiger partial charge is 0.261 e. The molecule has 5 rings (SSSR count). The molecule has 2 aromatic heterocycles. The van der Waals surface area contributed by atoms with Crippen molar-refractivity contribution in [1.29, 1.82) is 0 Å². The number of carbonyl (C=O) groups excluding carboxylic acids is 1. The fourth-order valence-electron chi connectivity index (χ4n) is 4.37. The van der Waals surface area contributed by atoms with E-state index in [9.17, 15) is 9.59 Å². The largest absolute Gasteiger partial charge is 0.311 e. The number of rotatable bonds is 6. The summed E-state index contributed by atoms with van der Waals surface area (Å²) in [5.74, 6) is 0.935. The number of aryl methyl sites for hydroxylation is 1. The SMILES string of the molecule is O=C(CCn1cnc2ccccc2c1=O)Nc1cc(C2CCCC2)nn1-c1ccccc1. The van der Waals surface area contributed by atoms with Gasteiger partial charge in [0.1, 0.15) is 5.82 Å². The fraction of sp³-hybridized carbons (Fsp3) is 0.280. The molecule has 0 aliphatic heterocycles. The second-order valence-electron chi connectivity index (χ2n) is 8.24. The van der Waals surface area contributed by atoms with Crippen molar-refractivity contribution in [2.75, 3.05) is 5.32 Å². The van der Waals surface area contributed by atoms with Crippen molar-refractivity contribution >= 4 is 22.6 Å². The highest BCUT2D eigenvalue weighted by atomic mass is 16.2. The number of amides is 1. The molecule has 1 aliphatic rings. The monoisotopic (exact) mass is 427 g/mol. The lowest BCUT2D eigenvalue weighted by molar-refractivity contribution is -0.116. The third-order valence-corrected chi connectivity index (χ3v) is 6.08. The van der Waals surface area contributed by atoms with Crippen LogP contribution in [-0.4, -0.2) is 25.2 Å². The van der Waals surface area contributed by atoms with E-state index < -0.39 is 0 Å². The number of hydrogen-bond acceptors (Lipinski definition) is 4. The van der Waals surface area contributed by atoms with Crippen molar-refractivity contribution in [3.8, 4) is 5.69 Å². The Morgan fingerprint density at radius 2 is 1.78 bits per heavy atom. The van der Waals surface area contributed by atoms with E-state index in [-0.39, 0.29) is 24.4 Å². The first-order valence-corrected chi connectivity index (χ1v) is 11.1. The molecule has 0 unspecified atom stereocenters. The topological polar surface area (TPSA) is 81.8 Å². The van der Waals surface area contributed by atoms with Crippen molar-refractivity contribution in [3.05, 3.63) is 83.0 Å². The molecule has 7 heteroatoms. The van der Waals surface area contributed by atoms with Crippen LogP contribution in [0.4, 0.5) is 5.82 Å². The quantitative estimate of drug-likeness (QED) is 0.498. The van der Waals surface area contributed by atoms with E-state index >= 15 is 0 Å². The minimum Gasteiger partial charge on any atom is -0.311 e. The predicted molar refractivity (Wildman–Crippen MR) is 124 cm³/mol. The van der Waals surface area contributed by atoms with Crippen molar-refractivity contribution in [3.63, 3.8) is 0 Å². The molecule has 1 saturated carbocycles. The van der Waals surface area contributed by atoms with Crippen LogP contribution in [0, 0.1) is 0 Å². The van der Waals surface area contributed by atoms with E-state index in [1.807, 2.05) is 48.5 Å². The lowest BCUT2D eigenvalue weighted by atomic mass is 10.0. The van der Waals surface area contributed by atoms with Crippen molar-refractivity contribution < 1.29 is 4.79 Å². The maximum Gasteiger partial charge on any atom is 0.261 e. The molecule has 1 aliphatic carbocycles. The van der Waals surface area contributed by atoms with Crippen LogP contribution in [0.3, 0.4) is 0 Å². The van der Waals surface area contributed by atoms with Crippen molar-refractivity contribution in [2.24, 2.45) is 0 Å². The Labute approximate surface area is 185 Å². The van der Waals surface area contributed by atoms with Crippen LogP contribution in [0.15, 0.2) is 71.8 Å². The number of anilines is 1. The summed E-state index contributed by atoms with van der Waals surface area (Å²) in [6, 6.07) is 19.0. The Morgan fingerprint density at radius 1 is 1.03 bits per heavy atom. The Balaban J connectivity index is 1.35. The molecule has 1 amide bonds. The summed E-state index contributed by atoms with van der Waals surface area (Å²) in [6.07, 6.45) is 6.38. The summed E-state index contributed by atoms with van der Waals surface area (Å²) in [5.41, 5.74) is 2.45. The Bertz CT molecular complexity index is 1300. The Hall–Kier alpha value is -3.74. The van der Waals surface area contributed by atoms with Crippen LogP contribution in [0.1, 0.15) is 43.7 Å². The van der Waals surface area contributed by atoms with Gasteiger partial charge in [-0.25, -0.2) is 9.67 Å². The van der Waals surface area contributed by atoms with Gasteiger partial charge in [-0.1, -0.05) is 43.2 Å². The molecule has 32 heavy (non-hydrogen) atoms. The molecule has 0 radical (unpaired) electrons. The zero-order valence-electron chi connectivity index (χ0n) is 17.8. The van der Waals surface area contributed by atoms with Gasteiger partial charge in [-0.2, -0.15) is 5.10 Å². The highest BCUT2D eigenvalue weighted by molar-refractivity contribution is 5.90. The van der Waals surface area contributed by atoms with Gasteiger partial charge in [0.15, 0.2) is 0 Å². The minimum absolute atomic E-state index is 0.138. The Morgan fingerprint density at radius 3 is 2.59 bits per heavy atom. The van der Waals surface area contributed by atoms with Crippen LogP contribution in [0.5, 0.6) is 0 Å². The lowest BCUT2D eigenvalue weighted by Gasteiger charge is -2.10. The molecule has 2 heterocycles. The van der Waals surface area contributed by atoms with Gasteiger partial charge < -0.3 is 5.32 Å². The van der Waals surface area contributed by atoms with E-state index in [4.69, 9.17) is 5.10 Å². The maximum atomic E-state index is 12.8. The van der Waals surface area contributed by atoms with Gasteiger partial charge >= 0.3 is 0 Å². The third kappa shape index (κ3) is 4.06. The average Bonchev–Trinajstić information content (AvgIpc) is 3.50. The van der Waals surface area contributed by atoms with Gasteiger partial charge in [0.25, 0.3) is 5.56 Å². The summed E-state index contributed by atoms with van der Waals surface area (Å²) < 4.78 is 3.29. The lowest BCUT2D eigenvalue weighted by Crippen LogP contribution is -2.24. The second-order valence-corrected chi connectivity index (χ2v) is 8.24. The molecule has 0 bridgehead atoms. The summed E-state index contributed by atoms with van der Waals surface area (Å²) in [6.45, 7) is 0.261. The number of benzene rings is 2. The van der Waals surface area contributed by atoms with Crippen LogP contribution in [-0.2, 0) is 11.3 Å². The van der Waals surface area contributed by atoms with Crippen LogP contribution < -0.4 is 10.9 Å². The molecule has 0 spiro atoms. The normalized spacial score (nSPS) is 14.1. The summed E-state index contributed by atoms with van der Waals surface area (Å²) >= 11 is 0. The molecule has 1 N–H and O–H groups in total. The fourth-order valence-corrected chi connectivity index (χ4v) is 4.37. The second kappa shape index (κ2) is 8.78. The minimum atomic E-state index is -0.167. The maximum absolute atomic E-state index is 12.8. The molecule has 1 fully saturated rings. The molecular formula is C25H25N5O2. The van der Waals surface area contributed by atoms with E-state index in [1.165, 1.54) is 23.7 Å². The first kappa shape index (κ1) is 20.2. The number of nitrogens with zero attached hydrogens (tertiary/aromatic N) is 4.